The molecule has 1 aliphatic carbocycles. The Balaban J connectivity index is 1.36. The summed E-state index contributed by atoms with van der Waals surface area (Å²) in [4.78, 5) is 93.6. The second-order valence-electron chi connectivity index (χ2n) is 17.3. The van der Waals surface area contributed by atoms with E-state index < -0.39 is 66.0 Å². The van der Waals surface area contributed by atoms with Crippen molar-refractivity contribution in [2.75, 3.05) is 39.9 Å². The number of primary amides is 1. The smallest absolute Gasteiger partial charge is 0.255 e. The van der Waals surface area contributed by atoms with Crippen molar-refractivity contribution in [3.8, 4) is 45.8 Å². The number of likely N-dealkylation sites (N-methyl/N-ethyl adjacent to an activating group) is 1. The van der Waals surface area contributed by atoms with E-state index in [4.69, 9.17) is 31.4 Å². The van der Waals surface area contributed by atoms with E-state index in [-0.39, 0.29) is 56.5 Å². The van der Waals surface area contributed by atoms with E-state index in [0.29, 0.717) is 51.0 Å². The largest absolute Gasteiger partial charge is 0.492 e. The fraction of sp³-hybridized carbons (Fsp3) is 0.420. The lowest BCUT2D eigenvalue weighted by molar-refractivity contribution is -0.142. The van der Waals surface area contributed by atoms with Gasteiger partial charge in [0.2, 0.25) is 29.5 Å². The second-order valence-corrected chi connectivity index (χ2v) is 17.3. The number of hydrogen-bond acceptors (Lipinski definition) is 14. The van der Waals surface area contributed by atoms with Crippen molar-refractivity contribution in [1.82, 2.24) is 36.1 Å². The van der Waals surface area contributed by atoms with Gasteiger partial charge in [0.05, 0.1) is 35.5 Å². The van der Waals surface area contributed by atoms with Crippen LogP contribution in [0.3, 0.4) is 0 Å². The maximum absolute atomic E-state index is 14.8. The molecule has 0 radical (unpaired) electrons. The summed E-state index contributed by atoms with van der Waals surface area (Å²) >= 11 is 0. The predicted molar refractivity (Wildman–Crippen MR) is 258 cm³/mol. The number of carbonyl (C=O) groups is 6. The Hall–Kier alpha value is -7.63. The highest BCUT2D eigenvalue weighted by molar-refractivity contribution is 6.01. The van der Waals surface area contributed by atoms with Gasteiger partial charge in [0, 0.05) is 43.2 Å². The van der Waals surface area contributed by atoms with Gasteiger partial charge in [-0.15, -0.1) is 0 Å². The van der Waals surface area contributed by atoms with Gasteiger partial charge in [0.1, 0.15) is 61.2 Å². The van der Waals surface area contributed by atoms with Gasteiger partial charge in [-0.2, -0.15) is 5.26 Å². The lowest BCUT2D eigenvalue weighted by Crippen LogP contribution is -2.56. The molecule has 1 aromatic heterocycles. The number of aryl methyl sites for hydroxylation is 2. The number of benzene rings is 3. The third kappa shape index (κ3) is 12.9. The van der Waals surface area contributed by atoms with Crippen molar-refractivity contribution in [2.24, 2.45) is 17.2 Å². The molecule has 4 atom stereocenters. The fourth-order valence-electron chi connectivity index (χ4n) is 8.57. The molecule has 0 spiro atoms. The number of hydrogen-bond donors (Lipinski definition) is 7. The highest BCUT2D eigenvalue weighted by Gasteiger charge is 2.37. The zero-order valence-electron chi connectivity index (χ0n) is 39.8. The van der Waals surface area contributed by atoms with E-state index >= 15 is 0 Å². The molecular formula is C50H61N11O9. The van der Waals surface area contributed by atoms with E-state index in [0.717, 1.165) is 36.3 Å². The second kappa shape index (κ2) is 24.1. The first-order chi connectivity index (χ1) is 33.6. The zero-order valence-corrected chi connectivity index (χ0v) is 39.8. The molecule has 1 saturated carbocycles. The summed E-state index contributed by atoms with van der Waals surface area (Å²) in [5.74, 6) is -3.03. The maximum Gasteiger partial charge on any atom is 0.255 e. The van der Waals surface area contributed by atoms with Crippen LogP contribution in [0.1, 0.15) is 84.4 Å². The molecule has 0 saturated heterocycles. The van der Waals surface area contributed by atoms with Crippen LogP contribution in [-0.4, -0.2) is 114 Å². The van der Waals surface area contributed by atoms with Crippen LogP contribution in [-0.2, 0) is 30.4 Å². The van der Waals surface area contributed by atoms with Gasteiger partial charge in [-0.3, -0.25) is 28.8 Å². The highest BCUT2D eigenvalue weighted by atomic mass is 16.5. The van der Waals surface area contributed by atoms with E-state index in [1.54, 1.807) is 50.2 Å². The van der Waals surface area contributed by atoms with Crippen LogP contribution in [0.2, 0.25) is 0 Å². The highest BCUT2D eigenvalue weighted by Crippen LogP contribution is 2.40. The van der Waals surface area contributed by atoms with Crippen LogP contribution in [0.4, 0.5) is 0 Å². The van der Waals surface area contributed by atoms with Gasteiger partial charge in [-0.1, -0.05) is 18.6 Å². The molecule has 1 fully saturated rings. The normalized spacial score (nSPS) is 17.6. The fourth-order valence-corrected chi connectivity index (χ4v) is 8.57. The number of nitrogens with zero attached hydrogens (tertiary/aromatic N) is 4. The summed E-state index contributed by atoms with van der Waals surface area (Å²) < 4.78 is 18.3. The van der Waals surface area contributed by atoms with Crippen molar-refractivity contribution in [3.05, 3.63) is 88.7 Å². The van der Waals surface area contributed by atoms with Crippen molar-refractivity contribution < 1.29 is 43.0 Å². The van der Waals surface area contributed by atoms with Crippen LogP contribution < -0.4 is 52.7 Å². The van der Waals surface area contributed by atoms with Crippen LogP contribution in [0, 0.1) is 25.2 Å². The van der Waals surface area contributed by atoms with E-state index in [1.807, 2.05) is 30.3 Å². The van der Waals surface area contributed by atoms with Crippen LogP contribution >= 0.6 is 0 Å². The number of ether oxygens (including phenoxy) is 3. The third-order valence-corrected chi connectivity index (χ3v) is 12.0. The SMILES string of the molecule is Cc1nc(-c2ccc(OC3CCCCC3)cc2)nc(C)c1C(=O)NC(CC(N)=O)C(=O)N(C)[C@@H]1C(=O)N[C@@H](C)C(=O)N[C@H](C(=O)NCC#N)Cc2ccc(OCCN)c(c2)-c2cc1ccc2OCCN. The zero-order chi connectivity index (χ0) is 50.5. The number of nitrogens with two attached hydrogens (primary N) is 3. The van der Waals surface area contributed by atoms with Crippen molar-refractivity contribution in [2.45, 2.75) is 96.0 Å². The molecular weight excluding hydrogens is 899 g/mol. The summed E-state index contributed by atoms with van der Waals surface area (Å²) in [6.45, 7) is 4.87. The van der Waals surface area contributed by atoms with E-state index in [1.165, 1.54) is 20.4 Å². The minimum atomic E-state index is -1.60. The monoisotopic (exact) mass is 959 g/mol. The van der Waals surface area contributed by atoms with Crippen LogP contribution in [0.5, 0.6) is 17.2 Å². The van der Waals surface area contributed by atoms with E-state index in [2.05, 4.69) is 31.2 Å². The average Bonchev–Trinajstić information content (AvgIpc) is 3.33. The Kier molecular flexibility index (Phi) is 17.8. The maximum atomic E-state index is 14.8. The number of nitriles is 1. The Bertz CT molecular complexity index is 2590. The summed E-state index contributed by atoms with van der Waals surface area (Å²) in [5.41, 5.74) is 20.3. The molecule has 4 aromatic rings. The minimum absolute atomic E-state index is 0.0292. The van der Waals surface area contributed by atoms with Gasteiger partial charge in [-0.05, 0) is 106 Å². The summed E-state index contributed by atoms with van der Waals surface area (Å²) in [6.07, 6.45) is 5.03. The standard InChI is InChI=1S/C50H61N11O9/c1-28-43(29(2)57-45(56-28)32-11-14-35(15-12-32)70-34-8-6-5-7-9-34)48(65)60-39(27-42(54)62)50(67)61(4)44-33-13-17-41(69-23-20-53)37(26-33)36-24-31(10-16-40(36)68-22-19-52)25-38(47(64)55-21-18-51)59-46(63)30(3)58-49(44)66/h10-17,24,26,30,34,38-39,44H,5-9,19-23,25,27,52-53H2,1-4H3,(H2,54,62)(H,55,64)(H,58,66)(H,59,63)(H,60,65)/t30-,38-,39?,44-/m0/s1. The molecule has 6 amide bonds. The Morgan fingerprint density at radius 2 is 1.50 bits per heavy atom. The molecule has 2 heterocycles. The molecule has 1 unspecified atom stereocenters. The van der Waals surface area contributed by atoms with Crippen molar-refractivity contribution >= 4 is 35.4 Å². The quantitative estimate of drug-likeness (QED) is 0.0747. The minimum Gasteiger partial charge on any atom is -0.492 e. The van der Waals surface area contributed by atoms with Gasteiger partial charge >= 0.3 is 0 Å². The number of amides is 6. The first-order valence-electron chi connectivity index (χ1n) is 23.3. The van der Waals surface area contributed by atoms with Crippen molar-refractivity contribution in [1.29, 1.82) is 5.26 Å². The molecule has 2 aliphatic rings. The molecule has 3 aromatic carbocycles. The number of fused-ring (bicyclic) bond motifs is 5. The van der Waals surface area contributed by atoms with Gasteiger partial charge in [0.15, 0.2) is 5.82 Å². The molecule has 6 rings (SSSR count). The first kappa shape index (κ1) is 51.8. The lowest BCUT2D eigenvalue weighted by atomic mass is 9.93. The topological polar surface area (TPSA) is 309 Å². The van der Waals surface area contributed by atoms with E-state index in [9.17, 15) is 34.0 Å². The van der Waals surface area contributed by atoms with Crippen LogP contribution in [0.25, 0.3) is 22.5 Å². The number of nitrogens with one attached hydrogen (secondary N) is 4. The molecule has 370 valence electrons. The average molecular weight is 960 g/mol. The number of aromatic nitrogens is 2. The summed E-state index contributed by atoms with van der Waals surface area (Å²) in [5, 5.41) is 19.7. The molecule has 70 heavy (non-hydrogen) atoms. The molecule has 20 nitrogen and oxygen atoms in total. The molecule has 10 N–H and O–H groups in total. The summed E-state index contributed by atoms with van der Waals surface area (Å²) in [7, 11) is 1.31. The van der Waals surface area contributed by atoms with Crippen LogP contribution in [0.15, 0.2) is 60.7 Å². The van der Waals surface area contributed by atoms with Gasteiger partial charge in [-0.25, -0.2) is 9.97 Å². The Labute approximate surface area is 406 Å². The third-order valence-electron chi connectivity index (χ3n) is 12.0. The summed E-state index contributed by atoms with van der Waals surface area (Å²) in [6, 6.07) is 13.6. The lowest BCUT2D eigenvalue weighted by Gasteiger charge is -2.32. The van der Waals surface area contributed by atoms with Gasteiger partial charge < -0.3 is 57.6 Å². The van der Waals surface area contributed by atoms with Gasteiger partial charge in [0.25, 0.3) is 5.91 Å². The molecule has 20 heteroatoms. The Morgan fingerprint density at radius 3 is 2.11 bits per heavy atom. The predicted octanol–water partition coefficient (Wildman–Crippen LogP) is 2.17. The molecule has 4 bridgehead atoms. The van der Waals surface area contributed by atoms with Crippen molar-refractivity contribution in [3.63, 3.8) is 0 Å². The molecule has 1 aliphatic heterocycles. The number of carbonyl (C=O) groups excluding carboxylic acids is 6. The first-order valence-corrected chi connectivity index (χ1v) is 23.3. The number of rotatable bonds is 17. The Morgan fingerprint density at radius 1 is 0.871 bits per heavy atom.